The van der Waals surface area contributed by atoms with Crippen molar-refractivity contribution in [3.8, 4) is 0 Å². The maximum absolute atomic E-state index is 11.3. The summed E-state index contributed by atoms with van der Waals surface area (Å²) in [6.07, 6.45) is 0. The van der Waals surface area contributed by atoms with Gasteiger partial charge in [0.2, 0.25) is 10.0 Å². The number of aryl methyl sites for hydroxylation is 1. The molecule has 0 aliphatic carbocycles. The maximum Gasteiger partial charge on any atom is 0.233 e. The molecule has 0 spiro atoms. The number of benzene rings is 1. The van der Waals surface area contributed by atoms with Crippen molar-refractivity contribution in [3.05, 3.63) is 29.8 Å². The largest absolute Gasteiger partial charge is 0.284 e. The first kappa shape index (κ1) is 11.3. The molecule has 0 atom stereocenters. The summed E-state index contributed by atoms with van der Waals surface area (Å²) in [5, 5.41) is 0. The molecule has 78 valence electrons. The predicted molar refractivity (Wildman–Crippen MR) is 59.3 cm³/mol. The molecule has 5 heteroatoms. The van der Waals surface area contributed by atoms with Crippen LogP contribution in [0, 0.1) is 6.92 Å². The Balaban J connectivity index is 2.74. The summed E-state index contributed by atoms with van der Waals surface area (Å²) >= 11 is 5.36. The molecule has 1 aromatic rings. The van der Waals surface area contributed by atoms with Crippen molar-refractivity contribution in [1.82, 2.24) is 0 Å². The fourth-order valence-corrected chi connectivity index (χ4v) is 2.36. The average molecular weight is 234 g/mol. The molecule has 0 saturated heterocycles. The molecule has 1 rings (SSSR count). The van der Waals surface area contributed by atoms with E-state index in [-0.39, 0.29) is 11.6 Å². The first-order valence-electron chi connectivity index (χ1n) is 4.16. The van der Waals surface area contributed by atoms with E-state index in [1.807, 2.05) is 19.1 Å². The zero-order valence-electron chi connectivity index (χ0n) is 7.83. The number of anilines is 1. The molecule has 0 aromatic heterocycles. The van der Waals surface area contributed by atoms with Gasteiger partial charge >= 0.3 is 0 Å². The Hall–Kier alpha value is -0.740. The van der Waals surface area contributed by atoms with Crippen molar-refractivity contribution in [2.45, 2.75) is 6.92 Å². The van der Waals surface area contributed by atoms with Crippen molar-refractivity contribution in [2.24, 2.45) is 0 Å². The monoisotopic (exact) mass is 233 g/mol. The second kappa shape index (κ2) is 4.66. The van der Waals surface area contributed by atoms with E-state index in [2.05, 4.69) is 4.72 Å². The van der Waals surface area contributed by atoms with E-state index in [0.29, 0.717) is 5.69 Å². The molecule has 0 heterocycles. The Bertz CT molecular complexity index is 386. The van der Waals surface area contributed by atoms with E-state index in [1.165, 1.54) is 0 Å². The third kappa shape index (κ3) is 3.55. The number of sulfonamides is 1. The van der Waals surface area contributed by atoms with Crippen LogP contribution >= 0.6 is 11.6 Å². The molecule has 0 amide bonds. The number of alkyl halides is 1. The maximum atomic E-state index is 11.3. The van der Waals surface area contributed by atoms with E-state index >= 15 is 0 Å². The number of hydrogen-bond donors (Lipinski definition) is 1. The van der Waals surface area contributed by atoms with Gasteiger partial charge in [0.05, 0.1) is 5.75 Å². The minimum Gasteiger partial charge on any atom is -0.284 e. The fourth-order valence-electron chi connectivity index (χ4n) is 0.954. The molecule has 0 aliphatic rings. The SMILES string of the molecule is Cc1ccc(NS(=O)(=O)CCCl)cc1. The lowest BCUT2D eigenvalue weighted by molar-refractivity contribution is 0.602. The van der Waals surface area contributed by atoms with Gasteiger partial charge in [0, 0.05) is 11.6 Å². The summed E-state index contributed by atoms with van der Waals surface area (Å²) in [5.41, 5.74) is 1.66. The van der Waals surface area contributed by atoms with E-state index in [9.17, 15) is 8.42 Å². The highest BCUT2D eigenvalue weighted by Crippen LogP contribution is 2.10. The highest BCUT2D eigenvalue weighted by Gasteiger charge is 2.08. The van der Waals surface area contributed by atoms with Crippen LogP contribution in [-0.4, -0.2) is 20.1 Å². The Morgan fingerprint density at radius 1 is 1.29 bits per heavy atom. The summed E-state index contributed by atoms with van der Waals surface area (Å²) < 4.78 is 25.0. The highest BCUT2D eigenvalue weighted by atomic mass is 35.5. The second-order valence-corrected chi connectivity index (χ2v) is 5.20. The van der Waals surface area contributed by atoms with Gasteiger partial charge in [-0.05, 0) is 19.1 Å². The Labute approximate surface area is 89.1 Å². The topological polar surface area (TPSA) is 46.2 Å². The van der Waals surface area contributed by atoms with Gasteiger partial charge < -0.3 is 0 Å². The van der Waals surface area contributed by atoms with Crippen LogP contribution in [0.5, 0.6) is 0 Å². The van der Waals surface area contributed by atoms with Gasteiger partial charge in [0.25, 0.3) is 0 Å². The Morgan fingerprint density at radius 3 is 2.36 bits per heavy atom. The molecule has 3 nitrogen and oxygen atoms in total. The fraction of sp³-hybridized carbons (Fsp3) is 0.333. The molecule has 14 heavy (non-hydrogen) atoms. The van der Waals surface area contributed by atoms with E-state index < -0.39 is 10.0 Å². The second-order valence-electron chi connectivity index (χ2n) is 2.98. The van der Waals surface area contributed by atoms with Crippen molar-refractivity contribution < 1.29 is 8.42 Å². The summed E-state index contributed by atoms with van der Waals surface area (Å²) in [6.45, 7) is 1.94. The normalized spacial score (nSPS) is 11.3. The van der Waals surface area contributed by atoms with Crippen molar-refractivity contribution >= 4 is 27.3 Å². The number of nitrogens with one attached hydrogen (secondary N) is 1. The standard InChI is InChI=1S/C9H12ClNO2S/c1-8-2-4-9(5-3-8)11-14(12,13)7-6-10/h2-5,11H,6-7H2,1H3. The average Bonchev–Trinajstić information content (AvgIpc) is 2.08. The van der Waals surface area contributed by atoms with Crippen LogP contribution in [0.1, 0.15) is 5.56 Å². The van der Waals surface area contributed by atoms with Crippen LogP contribution < -0.4 is 4.72 Å². The lowest BCUT2D eigenvalue weighted by atomic mass is 10.2. The molecular formula is C9H12ClNO2S. The number of hydrogen-bond acceptors (Lipinski definition) is 2. The molecule has 0 fully saturated rings. The zero-order valence-corrected chi connectivity index (χ0v) is 9.40. The van der Waals surface area contributed by atoms with Crippen LogP contribution in [0.2, 0.25) is 0 Å². The van der Waals surface area contributed by atoms with Crippen LogP contribution in [0.25, 0.3) is 0 Å². The lowest BCUT2D eigenvalue weighted by Gasteiger charge is -2.06. The molecule has 0 aliphatic heterocycles. The van der Waals surface area contributed by atoms with Gasteiger partial charge in [-0.2, -0.15) is 0 Å². The van der Waals surface area contributed by atoms with E-state index in [4.69, 9.17) is 11.6 Å². The smallest absolute Gasteiger partial charge is 0.233 e. The first-order valence-corrected chi connectivity index (χ1v) is 6.35. The number of rotatable bonds is 4. The van der Waals surface area contributed by atoms with Crippen LogP contribution in [0.4, 0.5) is 5.69 Å². The Morgan fingerprint density at radius 2 is 1.86 bits per heavy atom. The van der Waals surface area contributed by atoms with Crippen LogP contribution in [0.15, 0.2) is 24.3 Å². The lowest BCUT2D eigenvalue weighted by Crippen LogP contribution is -2.17. The van der Waals surface area contributed by atoms with Gasteiger partial charge in [0.1, 0.15) is 0 Å². The highest BCUT2D eigenvalue weighted by molar-refractivity contribution is 7.92. The number of halogens is 1. The minimum atomic E-state index is -3.28. The van der Waals surface area contributed by atoms with Crippen LogP contribution in [-0.2, 0) is 10.0 Å². The van der Waals surface area contributed by atoms with Crippen molar-refractivity contribution in [1.29, 1.82) is 0 Å². The molecule has 0 unspecified atom stereocenters. The molecule has 0 radical (unpaired) electrons. The van der Waals surface area contributed by atoms with Crippen molar-refractivity contribution in [3.63, 3.8) is 0 Å². The molecule has 1 N–H and O–H groups in total. The molecule has 0 bridgehead atoms. The molecular weight excluding hydrogens is 222 g/mol. The summed E-state index contributed by atoms with van der Waals surface area (Å²) in [4.78, 5) is 0. The summed E-state index contributed by atoms with van der Waals surface area (Å²) in [6, 6.07) is 7.14. The zero-order chi connectivity index (χ0) is 10.6. The first-order chi connectivity index (χ1) is 6.53. The van der Waals surface area contributed by atoms with E-state index in [1.54, 1.807) is 12.1 Å². The van der Waals surface area contributed by atoms with Gasteiger partial charge in [-0.25, -0.2) is 8.42 Å². The minimum absolute atomic E-state index is 0.0670. The van der Waals surface area contributed by atoms with Gasteiger partial charge in [-0.3, -0.25) is 4.72 Å². The van der Waals surface area contributed by atoms with E-state index in [0.717, 1.165) is 5.56 Å². The molecule has 1 aromatic carbocycles. The van der Waals surface area contributed by atoms with Crippen LogP contribution in [0.3, 0.4) is 0 Å². The summed E-state index contributed by atoms with van der Waals surface area (Å²) in [5.74, 6) is 0.0314. The van der Waals surface area contributed by atoms with Crippen molar-refractivity contribution in [2.75, 3.05) is 16.4 Å². The third-order valence-corrected chi connectivity index (χ3v) is 3.37. The van der Waals surface area contributed by atoms with Gasteiger partial charge in [-0.15, -0.1) is 11.6 Å². The molecule has 0 saturated carbocycles. The van der Waals surface area contributed by atoms with Gasteiger partial charge in [0.15, 0.2) is 0 Å². The quantitative estimate of drug-likeness (QED) is 0.809. The summed E-state index contributed by atoms with van der Waals surface area (Å²) in [7, 11) is -3.28. The Kier molecular flexibility index (Phi) is 3.77. The predicted octanol–water partition coefficient (Wildman–Crippen LogP) is 1.98. The van der Waals surface area contributed by atoms with Gasteiger partial charge in [-0.1, -0.05) is 17.7 Å². The third-order valence-electron chi connectivity index (χ3n) is 1.67.